The number of hydrogen-bond donors (Lipinski definition) is 3. The summed E-state index contributed by atoms with van der Waals surface area (Å²) in [7, 11) is 0. The molecule has 0 bridgehead atoms. The van der Waals surface area contributed by atoms with Crippen LogP contribution in [-0.4, -0.2) is 33.9 Å². The number of nitrogens with zero attached hydrogens (tertiary/aromatic N) is 1. The number of H-pyrrole nitrogens is 1. The minimum absolute atomic E-state index is 0.00824. The van der Waals surface area contributed by atoms with Crippen molar-refractivity contribution in [1.29, 1.82) is 0 Å². The molecule has 1 heterocycles. The van der Waals surface area contributed by atoms with E-state index in [4.69, 9.17) is 5.11 Å². The van der Waals surface area contributed by atoms with E-state index < -0.39 is 24.4 Å². The van der Waals surface area contributed by atoms with Crippen molar-refractivity contribution >= 4 is 5.82 Å². The minimum Gasteiger partial charge on any atom is -0.382 e. The molecule has 1 aromatic rings. The average molecular weight is 251 g/mol. The second-order valence-corrected chi connectivity index (χ2v) is 3.37. The van der Waals surface area contributed by atoms with Gasteiger partial charge in [-0.1, -0.05) is 6.92 Å². The Hall–Kier alpha value is -1.57. The van der Waals surface area contributed by atoms with Crippen LogP contribution in [0.25, 0.3) is 0 Å². The molecule has 0 amide bonds. The summed E-state index contributed by atoms with van der Waals surface area (Å²) in [4.78, 5) is 17.4. The molecule has 0 radical (unpaired) electrons. The summed E-state index contributed by atoms with van der Waals surface area (Å²) in [5.74, 6) is 0.371. The summed E-state index contributed by atoms with van der Waals surface area (Å²) < 4.78 is 36.0. The zero-order valence-electron chi connectivity index (χ0n) is 9.01. The molecule has 0 aliphatic carbocycles. The Bertz CT molecular complexity index is 430. The van der Waals surface area contributed by atoms with Gasteiger partial charge >= 0.3 is 6.18 Å². The number of nitrogens with one attached hydrogen (secondary N) is 2. The number of anilines is 1. The van der Waals surface area contributed by atoms with Gasteiger partial charge in [-0.05, 0) is 0 Å². The summed E-state index contributed by atoms with van der Waals surface area (Å²) in [5.41, 5.74) is -0.458. The number of aryl methyl sites for hydroxylation is 1. The van der Waals surface area contributed by atoms with Gasteiger partial charge in [0.1, 0.15) is 11.6 Å². The molecule has 17 heavy (non-hydrogen) atoms. The maximum Gasteiger partial charge on any atom is 0.416 e. The van der Waals surface area contributed by atoms with E-state index in [1.807, 2.05) is 0 Å². The molecule has 0 aliphatic heterocycles. The number of aliphatic hydroxyl groups is 1. The summed E-state index contributed by atoms with van der Waals surface area (Å²) >= 11 is 0. The fourth-order valence-electron chi connectivity index (χ4n) is 1.08. The lowest BCUT2D eigenvalue weighted by Crippen LogP contribution is -2.35. The van der Waals surface area contributed by atoms with Crippen LogP contribution in [-0.2, 0) is 6.42 Å². The van der Waals surface area contributed by atoms with Gasteiger partial charge in [-0.15, -0.1) is 0 Å². The largest absolute Gasteiger partial charge is 0.416 e. The molecule has 1 aromatic heterocycles. The Morgan fingerprint density at radius 3 is 2.76 bits per heavy atom. The normalized spacial score (nSPS) is 13.5. The third-order valence-electron chi connectivity index (χ3n) is 1.98. The first-order valence-corrected chi connectivity index (χ1v) is 4.91. The molecule has 1 rings (SSSR count). The van der Waals surface area contributed by atoms with E-state index in [0.29, 0.717) is 12.2 Å². The number of aliphatic hydroxyl groups excluding tert-OH is 1. The molecular formula is C9H12F3N3O2. The smallest absolute Gasteiger partial charge is 0.382 e. The maximum atomic E-state index is 12.0. The Morgan fingerprint density at radius 2 is 2.24 bits per heavy atom. The van der Waals surface area contributed by atoms with Crippen molar-refractivity contribution in [3.8, 4) is 0 Å². The van der Waals surface area contributed by atoms with Crippen molar-refractivity contribution < 1.29 is 18.3 Å². The van der Waals surface area contributed by atoms with Gasteiger partial charge in [0.2, 0.25) is 0 Å². The Labute approximate surface area is 94.7 Å². The summed E-state index contributed by atoms with van der Waals surface area (Å²) in [6.45, 7) is 0.996. The molecule has 0 saturated heterocycles. The van der Waals surface area contributed by atoms with Crippen LogP contribution in [0.2, 0.25) is 0 Å². The third kappa shape index (κ3) is 4.06. The molecule has 96 valence electrons. The highest BCUT2D eigenvalue weighted by Crippen LogP contribution is 2.19. The SMILES string of the molecule is CCc1nc(NCC(O)C(F)(F)F)cc(=O)[nH]1. The van der Waals surface area contributed by atoms with Gasteiger partial charge in [-0.2, -0.15) is 13.2 Å². The van der Waals surface area contributed by atoms with Crippen LogP contribution in [0.3, 0.4) is 0 Å². The summed E-state index contributed by atoms with van der Waals surface area (Å²) in [5, 5.41) is 11.0. The topological polar surface area (TPSA) is 78.0 Å². The average Bonchev–Trinajstić information content (AvgIpc) is 2.23. The first-order chi connectivity index (χ1) is 7.82. The van der Waals surface area contributed by atoms with E-state index in [0.717, 1.165) is 6.07 Å². The fraction of sp³-hybridized carbons (Fsp3) is 0.556. The van der Waals surface area contributed by atoms with E-state index in [1.165, 1.54) is 0 Å². The van der Waals surface area contributed by atoms with Gasteiger partial charge in [0.25, 0.3) is 5.56 Å². The van der Waals surface area contributed by atoms with Gasteiger partial charge in [0, 0.05) is 12.5 Å². The van der Waals surface area contributed by atoms with Gasteiger partial charge < -0.3 is 15.4 Å². The monoisotopic (exact) mass is 251 g/mol. The number of aromatic nitrogens is 2. The van der Waals surface area contributed by atoms with E-state index in [9.17, 15) is 18.0 Å². The number of halogens is 3. The number of hydrogen-bond acceptors (Lipinski definition) is 4. The summed E-state index contributed by atoms with van der Waals surface area (Å²) in [6, 6.07) is 1.03. The van der Waals surface area contributed by atoms with Gasteiger partial charge in [0.15, 0.2) is 6.10 Å². The predicted molar refractivity (Wildman–Crippen MR) is 54.8 cm³/mol. The van der Waals surface area contributed by atoms with Crippen LogP contribution in [0.4, 0.5) is 19.0 Å². The quantitative estimate of drug-likeness (QED) is 0.735. The molecule has 1 unspecified atom stereocenters. The Morgan fingerprint density at radius 1 is 1.59 bits per heavy atom. The summed E-state index contributed by atoms with van der Waals surface area (Å²) in [6.07, 6.45) is -6.73. The lowest BCUT2D eigenvalue weighted by atomic mass is 10.3. The number of rotatable bonds is 4. The standard InChI is InChI=1S/C9H12F3N3O2/c1-2-6-14-7(3-8(17)15-6)13-4-5(16)9(10,11)12/h3,5,16H,2,4H2,1H3,(H2,13,14,15,17). The first-order valence-electron chi connectivity index (χ1n) is 4.91. The van der Waals surface area contributed by atoms with E-state index in [-0.39, 0.29) is 5.82 Å². The second-order valence-electron chi connectivity index (χ2n) is 3.37. The van der Waals surface area contributed by atoms with Crippen molar-refractivity contribution in [1.82, 2.24) is 9.97 Å². The fourth-order valence-corrected chi connectivity index (χ4v) is 1.08. The molecule has 0 fully saturated rings. The molecule has 0 aliphatic rings. The van der Waals surface area contributed by atoms with E-state index in [2.05, 4.69) is 15.3 Å². The molecule has 1 atom stereocenters. The van der Waals surface area contributed by atoms with Crippen LogP contribution >= 0.6 is 0 Å². The van der Waals surface area contributed by atoms with Crippen molar-refractivity contribution in [3.63, 3.8) is 0 Å². The molecule has 0 saturated carbocycles. The molecule has 0 aromatic carbocycles. The van der Waals surface area contributed by atoms with E-state index >= 15 is 0 Å². The van der Waals surface area contributed by atoms with Crippen molar-refractivity contribution in [2.75, 3.05) is 11.9 Å². The molecular weight excluding hydrogens is 239 g/mol. The first kappa shape index (κ1) is 13.5. The highest BCUT2D eigenvalue weighted by molar-refractivity contribution is 5.33. The maximum absolute atomic E-state index is 12.0. The van der Waals surface area contributed by atoms with Gasteiger partial charge in [-0.3, -0.25) is 4.79 Å². The lowest BCUT2D eigenvalue weighted by Gasteiger charge is -2.15. The van der Waals surface area contributed by atoms with Crippen LogP contribution in [0.1, 0.15) is 12.7 Å². The van der Waals surface area contributed by atoms with Crippen LogP contribution in [0.5, 0.6) is 0 Å². The van der Waals surface area contributed by atoms with Crippen molar-refractivity contribution in [3.05, 3.63) is 22.2 Å². The predicted octanol–water partition coefficient (Wildman–Crippen LogP) is 0.667. The van der Waals surface area contributed by atoms with Crippen LogP contribution in [0.15, 0.2) is 10.9 Å². The minimum atomic E-state index is -4.69. The lowest BCUT2D eigenvalue weighted by molar-refractivity contribution is -0.198. The number of alkyl halides is 3. The second kappa shape index (κ2) is 5.17. The number of aromatic amines is 1. The zero-order chi connectivity index (χ0) is 13.1. The molecule has 8 heteroatoms. The molecule has 5 nitrogen and oxygen atoms in total. The molecule has 0 spiro atoms. The van der Waals surface area contributed by atoms with Gasteiger partial charge in [0.05, 0.1) is 6.54 Å². The Balaban J connectivity index is 2.70. The van der Waals surface area contributed by atoms with Gasteiger partial charge in [-0.25, -0.2) is 4.98 Å². The third-order valence-corrected chi connectivity index (χ3v) is 1.98. The molecule has 3 N–H and O–H groups in total. The van der Waals surface area contributed by atoms with Crippen LogP contribution < -0.4 is 10.9 Å². The zero-order valence-corrected chi connectivity index (χ0v) is 9.01. The highest BCUT2D eigenvalue weighted by Gasteiger charge is 2.37. The highest BCUT2D eigenvalue weighted by atomic mass is 19.4. The van der Waals surface area contributed by atoms with E-state index in [1.54, 1.807) is 6.92 Å². The van der Waals surface area contributed by atoms with Crippen molar-refractivity contribution in [2.24, 2.45) is 0 Å². The Kier molecular flexibility index (Phi) is 4.11. The van der Waals surface area contributed by atoms with Crippen molar-refractivity contribution in [2.45, 2.75) is 25.6 Å². The van der Waals surface area contributed by atoms with Crippen LogP contribution in [0, 0.1) is 0 Å².